The Bertz CT molecular complexity index is 820. The van der Waals surface area contributed by atoms with Crippen molar-refractivity contribution < 1.29 is 19.1 Å². The molecule has 0 atom stereocenters. The SMILES string of the molecule is O=C1O/C(=C\COC(=O)c2ccccc2)C=C1c1ccc(Br)cc1. The van der Waals surface area contributed by atoms with Crippen LogP contribution in [0.5, 0.6) is 0 Å². The third-order valence-corrected chi connectivity index (χ3v) is 3.91. The number of esters is 2. The van der Waals surface area contributed by atoms with Crippen molar-refractivity contribution in [1.82, 2.24) is 0 Å². The predicted molar refractivity (Wildman–Crippen MR) is 93.0 cm³/mol. The first-order valence-corrected chi connectivity index (χ1v) is 8.05. The maximum atomic E-state index is 11.9. The van der Waals surface area contributed by atoms with Crippen molar-refractivity contribution in [1.29, 1.82) is 0 Å². The lowest BCUT2D eigenvalue weighted by atomic mass is 10.1. The molecular weight excluding hydrogens is 372 g/mol. The first-order valence-electron chi connectivity index (χ1n) is 7.25. The van der Waals surface area contributed by atoms with Gasteiger partial charge in [0.2, 0.25) is 0 Å². The smallest absolute Gasteiger partial charge is 0.344 e. The molecule has 0 fully saturated rings. The van der Waals surface area contributed by atoms with Crippen molar-refractivity contribution >= 4 is 33.4 Å². The van der Waals surface area contributed by atoms with Crippen molar-refractivity contribution in [3.63, 3.8) is 0 Å². The molecule has 1 aliphatic rings. The Morgan fingerprint density at radius 3 is 2.50 bits per heavy atom. The Morgan fingerprint density at radius 1 is 1.08 bits per heavy atom. The largest absolute Gasteiger partial charge is 0.458 e. The molecule has 2 aromatic carbocycles. The fourth-order valence-corrected chi connectivity index (χ4v) is 2.45. The summed E-state index contributed by atoms with van der Waals surface area (Å²) < 4.78 is 11.2. The third-order valence-electron chi connectivity index (χ3n) is 3.38. The van der Waals surface area contributed by atoms with Crippen LogP contribution >= 0.6 is 15.9 Å². The van der Waals surface area contributed by atoms with E-state index in [9.17, 15) is 9.59 Å². The van der Waals surface area contributed by atoms with E-state index in [2.05, 4.69) is 15.9 Å². The monoisotopic (exact) mass is 384 g/mol. The lowest BCUT2D eigenvalue weighted by molar-refractivity contribution is -0.131. The molecule has 0 saturated heterocycles. The fraction of sp³-hybridized carbons (Fsp3) is 0.0526. The molecule has 120 valence electrons. The number of hydrogen-bond donors (Lipinski definition) is 0. The van der Waals surface area contributed by atoms with E-state index in [0.29, 0.717) is 16.9 Å². The molecule has 0 spiro atoms. The van der Waals surface area contributed by atoms with Crippen LogP contribution in [0.25, 0.3) is 5.57 Å². The molecule has 4 nitrogen and oxygen atoms in total. The number of rotatable bonds is 4. The van der Waals surface area contributed by atoms with E-state index in [0.717, 1.165) is 10.0 Å². The molecule has 1 aliphatic heterocycles. The molecule has 1 heterocycles. The molecule has 24 heavy (non-hydrogen) atoms. The number of hydrogen-bond acceptors (Lipinski definition) is 4. The molecule has 0 N–H and O–H groups in total. The zero-order chi connectivity index (χ0) is 16.9. The highest BCUT2D eigenvalue weighted by Crippen LogP contribution is 2.27. The van der Waals surface area contributed by atoms with E-state index in [-0.39, 0.29) is 6.61 Å². The number of benzene rings is 2. The van der Waals surface area contributed by atoms with Gasteiger partial charge in [-0.1, -0.05) is 46.3 Å². The van der Waals surface area contributed by atoms with Crippen molar-refractivity contribution in [2.45, 2.75) is 0 Å². The Labute approximate surface area is 147 Å². The second-order valence-electron chi connectivity index (χ2n) is 5.03. The maximum Gasteiger partial charge on any atom is 0.344 e. The lowest BCUT2D eigenvalue weighted by Gasteiger charge is -2.02. The summed E-state index contributed by atoms with van der Waals surface area (Å²) in [6, 6.07) is 16.1. The predicted octanol–water partition coefficient (Wildman–Crippen LogP) is 4.13. The van der Waals surface area contributed by atoms with Crippen LogP contribution in [-0.4, -0.2) is 18.5 Å². The quantitative estimate of drug-likeness (QED) is 0.743. The number of cyclic esters (lactones) is 1. The van der Waals surface area contributed by atoms with E-state index in [4.69, 9.17) is 9.47 Å². The molecule has 0 amide bonds. The van der Waals surface area contributed by atoms with E-state index in [1.165, 1.54) is 0 Å². The van der Waals surface area contributed by atoms with Crippen LogP contribution in [0.15, 0.2) is 77.0 Å². The van der Waals surface area contributed by atoms with Crippen LogP contribution < -0.4 is 0 Å². The average molecular weight is 385 g/mol. The summed E-state index contributed by atoms with van der Waals surface area (Å²) in [5.41, 5.74) is 1.72. The molecule has 0 radical (unpaired) electrons. The summed E-state index contributed by atoms with van der Waals surface area (Å²) in [4.78, 5) is 23.8. The Hall–Kier alpha value is -2.66. The molecular formula is C19H13BrO4. The minimum absolute atomic E-state index is 0.0282. The van der Waals surface area contributed by atoms with Gasteiger partial charge in [-0.05, 0) is 42.0 Å². The molecule has 0 unspecified atom stereocenters. The molecule has 3 rings (SSSR count). The Kier molecular flexibility index (Phi) is 4.91. The summed E-state index contributed by atoms with van der Waals surface area (Å²) in [7, 11) is 0. The maximum absolute atomic E-state index is 11.9. The first-order chi connectivity index (χ1) is 11.6. The van der Waals surface area contributed by atoms with Crippen molar-refractivity contribution in [2.75, 3.05) is 6.61 Å². The summed E-state index contributed by atoms with van der Waals surface area (Å²) in [6.45, 7) is 0.0282. The van der Waals surface area contributed by atoms with Crippen LogP contribution in [-0.2, 0) is 14.3 Å². The number of ether oxygens (including phenoxy) is 2. The summed E-state index contributed by atoms with van der Waals surface area (Å²) in [6.07, 6.45) is 3.20. The Morgan fingerprint density at radius 2 is 1.79 bits per heavy atom. The third kappa shape index (κ3) is 3.81. The fourth-order valence-electron chi connectivity index (χ4n) is 2.18. The molecule has 5 heteroatoms. The van der Waals surface area contributed by atoms with Gasteiger partial charge in [-0.15, -0.1) is 0 Å². The molecule has 0 bridgehead atoms. The first kappa shape index (κ1) is 16.2. The van der Waals surface area contributed by atoms with Gasteiger partial charge in [0.15, 0.2) is 0 Å². The van der Waals surface area contributed by atoms with E-state index in [1.54, 1.807) is 36.4 Å². The minimum Gasteiger partial charge on any atom is -0.458 e. The summed E-state index contributed by atoms with van der Waals surface area (Å²) in [5.74, 6) is -0.467. The van der Waals surface area contributed by atoms with Crippen LogP contribution in [0, 0.1) is 0 Å². The van der Waals surface area contributed by atoms with Gasteiger partial charge >= 0.3 is 11.9 Å². The summed E-state index contributed by atoms with van der Waals surface area (Å²) >= 11 is 3.35. The number of allylic oxidation sites excluding steroid dienone is 1. The summed E-state index contributed by atoms with van der Waals surface area (Å²) in [5, 5.41) is 0. The number of halogens is 1. The molecule has 0 saturated carbocycles. The van der Waals surface area contributed by atoms with Gasteiger partial charge in [0.1, 0.15) is 12.4 Å². The van der Waals surface area contributed by atoms with Gasteiger partial charge in [0.25, 0.3) is 0 Å². The standard InChI is InChI=1S/C19H13BrO4/c20-15-8-6-13(7-9-15)17-12-16(24-19(17)22)10-11-23-18(21)14-4-2-1-3-5-14/h1-10,12H,11H2/b16-10-. The van der Waals surface area contributed by atoms with Gasteiger partial charge in [0, 0.05) is 4.47 Å². The van der Waals surface area contributed by atoms with Crippen molar-refractivity contribution in [3.8, 4) is 0 Å². The molecule has 2 aromatic rings. The highest BCUT2D eigenvalue weighted by atomic mass is 79.9. The molecule has 0 aliphatic carbocycles. The van der Waals surface area contributed by atoms with Gasteiger partial charge < -0.3 is 9.47 Å². The minimum atomic E-state index is -0.422. The highest BCUT2D eigenvalue weighted by Gasteiger charge is 2.22. The van der Waals surface area contributed by atoms with Crippen LogP contribution in [0.1, 0.15) is 15.9 Å². The van der Waals surface area contributed by atoms with Gasteiger partial charge in [-0.2, -0.15) is 0 Å². The Balaban J connectivity index is 1.65. The second kappa shape index (κ2) is 7.27. The average Bonchev–Trinajstić information content (AvgIpc) is 2.97. The van der Waals surface area contributed by atoms with Crippen LogP contribution in [0.2, 0.25) is 0 Å². The number of carbonyl (C=O) groups is 2. The zero-order valence-corrected chi connectivity index (χ0v) is 14.2. The van der Waals surface area contributed by atoms with Gasteiger partial charge in [-0.25, -0.2) is 9.59 Å². The van der Waals surface area contributed by atoms with E-state index in [1.807, 2.05) is 30.3 Å². The number of carbonyl (C=O) groups excluding carboxylic acids is 2. The van der Waals surface area contributed by atoms with Crippen molar-refractivity contribution in [2.24, 2.45) is 0 Å². The lowest BCUT2D eigenvalue weighted by Crippen LogP contribution is -2.05. The van der Waals surface area contributed by atoms with Crippen LogP contribution in [0.3, 0.4) is 0 Å². The van der Waals surface area contributed by atoms with Gasteiger partial charge in [0.05, 0.1) is 11.1 Å². The van der Waals surface area contributed by atoms with Gasteiger partial charge in [-0.3, -0.25) is 0 Å². The topological polar surface area (TPSA) is 52.6 Å². The second-order valence-corrected chi connectivity index (χ2v) is 5.94. The molecule has 0 aromatic heterocycles. The van der Waals surface area contributed by atoms with Crippen LogP contribution in [0.4, 0.5) is 0 Å². The van der Waals surface area contributed by atoms with E-state index >= 15 is 0 Å². The van der Waals surface area contributed by atoms with E-state index < -0.39 is 11.9 Å². The normalized spacial score (nSPS) is 15.1. The zero-order valence-electron chi connectivity index (χ0n) is 12.6. The highest BCUT2D eigenvalue weighted by molar-refractivity contribution is 9.10. The van der Waals surface area contributed by atoms with Crippen molar-refractivity contribution in [3.05, 3.63) is 88.1 Å².